The highest BCUT2D eigenvalue weighted by Crippen LogP contribution is 2.39. The van der Waals surface area contributed by atoms with Crippen LogP contribution >= 0.6 is 0 Å². The smallest absolute Gasteiger partial charge is 0.350 e. The highest BCUT2D eigenvalue weighted by atomic mass is 19.4. The van der Waals surface area contributed by atoms with Gasteiger partial charge in [0.25, 0.3) is 0 Å². The Labute approximate surface area is 162 Å². The normalized spacial score (nSPS) is 13.7. The van der Waals surface area contributed by atoms with Crippen molar-refractivity contribution in [3.05, 3.63) is 35.4 Å². The fraction of sp³-hybridized carbons (Fsp3) is 0.727. The molecule has 2 nitrogen and oxygen atoms in total. The van der Waals surface area contributed by atoms with Gasteiger partial charge in [-0.2, -0.15) is 13.2 Å². The number of ether oxygens (including phenoxy) is 2. The van der Waals surface area contributed by atoms with Gasteiger partial charge in [0.2, 0.25) is 0 Å². The predicted octanol–water partition coefficient (Wildman–Crippen LogP) is 7.33. The standard InChI is InChI=1S/C22H35F3O2/c1-5-8-9-10-11-12-16-20(21(4,26-6-2)27-7-3)18-14-13-15-19(17-18)22(23,24)25/h13-15,17,20H,5-12,16H2,1-4H3. The lowest BCUT2D eigenvalue weighted by molar-refractivity contribution is -0.236. The average molecular weight is 389 g/mol. The predicted molar refractivity (Wildman–Crippen MR) is 104 cm³/mol. The minimum atomic E-state index is -4.35. The van der Waals surface area contributed by atoms with Crippen molar-refractivity contribution in [2.75, 3.05) is 13.2 Å². The molecule has 0 saturated heterocycles. The number of unbranched alkanes of at least 4 members (excludes halogenated alkanes) is 5. The fourth-order valence-corrected chi connectivity index (χ4v) is 3.61. The van der Waals surface area contributed by atoms with Crippen molar-refractivity contribution in [2.45, 2.75) is 90.5 Å². The van der Waals surface area contributed by atoms with Crippen LogP contribution in [-0.4, -0.2) is 19.0 Å². The van der Waals surface area contributed by atoms with Crippen molar-refractivity contribution in [1.82, 2.24) is 0 Å². The van der Waals surface area contributed by atoms with Crippen molar-refractivity contribution < 1.29 is 22.6 Å². The molecule has 0 amide bonds. The third kappa shape index (κ3) is 7.82. The van der Waals surface area contributed by atoms with E-state index in [1.807, 2.05) is 20.8 Å². The van der Waals surface area contributed by atoms with Crippen LogP contribution in [0.4, 0.5) is 13.2 Å². The van der Waals surface area contributed by atoms with Crippen LogP contribution in [0.2, 0.25) is 0 Å². The second-order valence-corrected chi connectivity index (χ2v) is 7.11. The molecule has 1 aromatic rings. The zero-order valence-corrected chi connectivity index (χ0v) is 17.2. The van der Waals surface area contributed by atoms with Crippen LogP contribution < -0.4 is 0 Å². The highest BCUT2D eigenvalue weighted by Gasteiger charge is 2.38. The Morgan fingerprint density at radius 2 is 1.48 bits per heavy atom. The Kier molecular flexibility index (Phi) is 10.4. The second-order valence-electron chi connectivity index (χ2n) is 7.11. The van der Waals surface area contributed by atoms with E-state index in [1.165, 1.54) is 31.4 Å². The number of benzene rings is 1. The molecule has 0 fully saturated rings. The van der Waals surface area contributed by atoms with Crippen molar-refractivity contribution in [3.8, 4) is 0 Å². The van der Waals surface area contributed by atoms with Gasteiger partial charge in [-0.3, -0.25) is 0 Å². The minimum absolute atomic E-state index is 0.245. The number of hydrogen-bond acceptors (Lipinski definition) is 2. The summed E-state index contributed by atoms with van der Waals surface area (Å²) in [6, 6.07) is 5.60. The maximum Gasteiger partial charge on any atom is 0.416 e. The van der Waals surface area contributed by atoms with Crippen LogP contribution in [0.15, 0.2) is 24.3 Å². The first kappa shape index (κ1) is 24.0. The van der Waals surface area contributed by atoms with Gasteiger partial charge in [0.05, 0.1) is 5.56 Å². The van der Waals surface area contributed by atoms with Gasteiger partial charge in [0.1, 0.15) is 0 Å². The van der Waals surface area contributed by atoms with E-state index in [4.69, 9.17) is 9.47 Å². The molecule has 156 valence electrons. The number of alkyl halides is 3. The van der Waals surface area contributed by atoms with Crippen molar-refractivity contribution in [2.24, 2.45) is 0 Å². The van der Waals surface area contributed by atoms with E-state index < -0.39 is 17.5 Å². The minimum Gasteiger partial charge on any atom is -0.350 e. The lowest BCUT2D eigenvalue weighted by atomic mass is 9.85. The van der Waals surface area contributed by atoms with Crippen LogP contribution in [0, 0.1) is 0 Å². The van der Waals surface area contributed by atoms with Crippen molar-refractivity contribution in [3.63, 3.8) is 0 Å². The van der Waals surface area contributed by atoms with Crippen LogP contribution in [0.25, 0.3) is 0 Å². The highest BCUT2D eigenvalue weighted by molar-refractivity contribution is 5.29. The van der Waals surface area contributed by atoms with Gasteiger partial charge in [-0.25, -0.2) is 0 Å². The summed E-state index contributed by atoms with van der Waals surface area (Å²) >= 11 is 0. The van der Waals surface area contributed by atoms with Gasteiger partial charge in [0, 0.05) is 19.1 Å². The molecule has 27 heavy (non-hydrogen) atoms. The molecule has 0 aromatic heterocycles. The topological polar surface area (TPSA) is 18.5 Å². The molecule has 0 aliphatic rings. The molecule has 1 aromatic carbocycles. The summed E-state index contributed by atoms with van der Waals surface area (Å²) in [7, 11) is 0. The van der Waals surface area contributed by atoms with E-state index in [9.17, 15) is 13.2 Å². The first-order valence-corrected chi connectivity index (χ1v) is 10.2. The maximum absolute atomic E-state index is 13.2. The zero-order chi connectivity index (χ0) is 20.3. The molecule has 0 aliphatic carbocycles. The molecule has 1 rings (SSSR count). The first-order valence-electron chi connectivity index (χ1n) is 10.2. The number of halogens is 3. The van der Waals surface area contributed by atoms with E-state index in [0.717, 1.165) is 31.7 Å². The Morgan fingerprint density at radius 3 is 2.04 bits per heavy atom. The Bertz CT molecular complexity index is 523. The van der Waals surface area contributed by atoms with E-state index >= 15 is 0 Å². The molecular formula is C22H35F3O2. The lowest BCUT2D eigenvalue weighted by Crippen LogP contribution is -2.39. The number of rotatable bonds is 13. The summed E-state index contributed by atoms with van der Waals surface area (Å²) in [5.41, 5.74) is 0.00563. The quantitative estimate of drug-likeness (QED) is 0.260. The Hall–Kier alpha value is -1.07. The Balaban J connectivity index is 3.02. The van der Waals surface area contributed by atoms with Gasteiger partial charge in [-0.15, -0.1) is 0 Å². The van der Waals surface area contributed by atoms with E-state index in [0.29, 0.717) is 18.8 Å². The van der Waals surface area contributed by atoms with Crippen LogP contribution in [-0.2, 0) is 15.7 Å². The van der Waals surface area contributed by atoms with Crippen LogP contribution in [0.3, 0.4) is 0 Å². The first-order chi connectivity index (χ1) is 12.8. The zero-order valence-electron chi connectivity index (χ0n) is 17.2. The van der Waals surface area contributed by atoms with E-state index in [1.54, 1.807) is 6.07 Å². The molecule has 0 spiro atoms. The fourth-order valence-electron chi connectivity index (χ4n) is 3.61. The summed E-state index contributed by atoms with van der Waals surface area (Å²) in [6.45, 7) is 8.68. The van der Waals surface area contributed by atoms with Crippen molar-refractivity contribution >= 4 is 0 Å². The molecule has 1 unspecified atom stereocenters. The van der Waals surface area contributed by atoms with Gasteiger partial charge in [-0.05, 0) is 38.8 Å². The molecule has 0 heterocycles. The molecule has 0 saturated carbocycles. The van der Waals surface area contributed by atoms with Gasteiger partial charge < -0.3 is 9.47 Å². The van der Waals surface area contributed by atoms with E-state index in [2.05, 4.69) is 6.92 Å². The lowest BCUT2D eigenvalue weighted by Gasteiger charge is -2.37. The van der Waals surface area contributed by atoms with Crippen molar-refractivity contribution in [1.29, 1.82) is 0 Å². The van der Waals surface area contributed by atoms with Crippen LogP contribution in [0.1, 0.15) is 89.7 Å². The van der Waals surface area contributed by atoms with Crippen LogP contribution in [0.5, 0.6) is 0 Å². The third-order valence-electron chi connectivity index (χ3n) is 4.96. The summed E-state index contributed by atoms with van der Waals surface area (Å²) in [5, 5.41) is 0. The molecule has 0 N–H and O–H groups in total. The SMILES string of the molecule is CCCCCCCCC(c1cccc(C(F)(F)F)c1)C(C)(OCC)OCC. The van der Waals surface area contributed by atoms with Gasteiger partial charge in [-0.1, -0.05) is 63.6 Å². The van der Waals surface area contributed by atoms with Gasteiger partial charge >= 0.3 is 6.18 Å². The summed E-state index contributed by atoms with van der Waals surface area (Å²) in [6.07, 6.45) is 3.19. The average Bonchev–Trinajstić information content (AvgIpc) is 2.61. The molecule has 0 bridgehead atoms. The molecule has 5 heteroatoms. The largest absolute Gasteiger partial charge is 0.416 e. The summed E-state index contributed by atoms with van der Waals surface area (Å²) in [5.74, 6) is -1.18. The second kappa shape index (κ2) is 11.7. The third-order valence-corrected chi connectivity index (χ3v) is 4.96. The van der Waals surface area contributed by atoms with E-state index in [-0.39, 0.29) is 5.92 Å². The molecule has 1 atom stereocenters. The summed E-state index contributed by atoms with van der Waals surface area (Å²) in [4.78, 5) is 0. The maximum atomic E-state index is 13.2. The summed E-state index contributed by atoms with van der Waals surface area (Å²) < 4.78 is 51.4. The molecule has 0 radical (unpaired) electrons. The molecular weight excluding hydrogens is 353 g/mol. The monoisotopic (exact) mass is 388 g/mol. The number of hydrogen-bond donors (Lipinski definition) is 0. The Morgan fingerprint density at radius 1 is 0.889 bits per heavy atom. The molecule has 0 aliphatic heterocycles. The van der Waals surface area contributed by atoms with Gasteiger partial charge in [0.15, 0.2) is 5.79 Å².